The molecule has 3 atom stereocenters. The van der Waals surface area contributed by atoms with E-state index in [1.54, 1.807) is 31.4 Å². The topological polar surface area (TPSA) is 272 Å². The molecule has 374 valence electrons. The predicted octanol–water partition coefficient (Wildman–Crippen LogP) is 4.49. The lowest BCUT2D eigenvalue weighted by Crippen LogP contribution is -2.59. The Hall–Kier alpha value is -6.44. The molecule has 0 unspecified atom stereocenters. The molecule has 20 heteroatoms. The van der Waals surface area contributed by atoms with Gasteiger partial charge < -0.3 is 41.0 Å². The molecule has 1 fully saturated rings. The highest BCUT2D eigenvalue weighted by molar-refractivity contribution is 9.10. The van der Waals surface area contributed by atoms with Gasteiger partial charge in [0.2, 0.25) is 23.3 Å². The third-order valence-electron chi connectivity index (χ3n) is 14.1. The number of primary amides is 2. The van der Waals surface area contributed by atoms with Gasteiger partial charge in [-0.2, -0.15) is 0 Å². The maximum Gasteiger partial charge on any atom is 0.355 e. The van der Waals surface area contributed by atoms with Crippen molar-refractivity contribution in [2.75, 3.05) is 19.6 Å². The zero-order valence-electron chi connectivity index (χ0n) is 39.8. The second kappa shape index (κ2) is 21.7. The molecule has 0 spiro atoms. The molecule has 5 heterocycles. The van der Waals surface area contributed by atoms with Crippen LogP contribution in [-0.4, -0.2) is 98.6 Å². The minimum Gasteiger partial charge on any atom is -0.457 e. The Morgan fingerprint density at radius 3 is 2.37 bits per heavy atom. The minimum absolute atomic E-state index is 0.0185. The number of esters is 2. The van der Waals surface area contributed by atoms with Crippen molar-refractivity contribution in [3.05, 3.63) is 74.0 Å². The number of rotatable bonds is 21. The summed E-state index contributed by atoms with van der Waals surface area (Å²) in [6, 6.07) is 6.21. The van der Waals surface area contributed by atoms with E-state index in [0.29, 0.717) is 61.9 Å². The highest BCUT2D eigenvalue weighted by Gasteiger charge is 2.52. The number of carbonyl (C=O) groups excluding carboxylic acids is 8. The lowest BCUT2D eigenvalue weighted by Gasteiger charge is -2.44. The number of hydrogen-bond donors (Lipinski definition) is 4. The number of benzene rings is 1. The molecular weight excluding hydrogens is 968 g/mol. The van der Waals surface area contributed by atoms with Crippen LogP contribution in [0.3, 0.4) is 0 Å². The first-order valence-corrected chi connectivity index (χ1v) is 24.9. The number of halogens is 1. The zero-order valence-corrected chi connectivity index (χ0v) is 41.4. The Morgan fingerprint density at radius 2 is 1.70 bits per heavy atom. The second-order valence-electron chi connectivity index (χ2n) is 19.2. The molecule has 1 aliphatic carbocycles. The van der Waals surface area contributed by atoms with Gasteiger partial charge in [0.25, 0.3) is 17.4 Å². The van der Waals surface area contributed by atoms with E-state index in [2.05, 4.69) is 26.6 Å². The number of fused-ring (bicyclic) bond motifs is 5. The largest absolute Gasteiger partial charge is 0.457 e. The Labute approximate surface area is 413 Å². The van der Waals surface area contributed by atoms with Gasteiger partial charge in [-0.25, -0.2) is 14.6 Å². The van der Waals surface area contributed by atoms with E-state index >= 15 is 4.79 Å². The lowest BCUT2D eigenvalue weighted by atomic mass is 9.71. The summed E-state index contributed by atoms with van der Waals surface area (Å²) >= 11 is 3.60. The number of hydrogen-bond acceptors (Lipinski definition) is 12. The van der Waals surface area contributed by atoms with Gasteiger partial charge in [-0.05, 0) is 80.5 Å². The number of pyridine rings is 2. The summed E-state index contributed by atoms with van der Waals surface area (Å²) in [6.07, 6.45) is 6.83. The summed E-state index contributed by atoms with van der Waals surface area (Å²) in [5.41, 5.74) is 10.9. The van der Waals surface area contributed by atoms with Gasteiger partial charge in [0.1, 0.15) is 18.7 Å². The minimum atomic E-state index is -2.00. The van der Waals surface area contributed by atoms with Crippen LogP contribution in [0.15, 0.2) is 51.8 Å². The SMILES string of the molecule is CC[C@@]1(OC(=O)CC2(CN(C(=O)[C@@H](NC(=O)CCCCCN3C(=O)C=CC3=O)C(C)C)[C@@H](CCCNC(N)=O)C(N)=O)CCCCC2)C(=O)OCc2c1cc1n(c2=O)Cc2cc3c(Br)cccc3nc2-1. The fourth-order valence-electron chi connectivity index (χ4n) is 10.3. The van der Waals surface area contributed by atoms with Gasteiger partial charge >= 0.3 is 18.0 Å². The number of ether oxygens (including phenoxy) is 2. The molecule has 0 saturated heterocycles. The number of imide groups is 1. The van der Waals surface area contributed by atoms with E-state index in [4.69, 9.17) is 25.9 Å². The normalized spacial score (nSPS) is 18.7. The van der Waals surface area contributed by atoms with Gasteiger partial charge in [-0.15, -0.1) is 0 Å². The summed E-state index contributed by atoms with van der Waals surface area (Å²) in [7, 11) is 0. The van der Waals surface area contributed by atoms with E-state index in [1.165, 1.54) is 17.1 Å². The maximum atomic E-state index is 15.0. The third kappa shape index (κ3) is 10.8. The molecule has 6 N–H and O–H groups in total. The molecule has 1 aromatic carbocycles. The average molecular weight is 1030 g/mol. The van der Waals surface area contributed by atoms with Crippen molar-refractivity contribution < 1.29 is 47.8 Å². The number of nitrogens with zero attached hydrogens (tertiary/aromatic N) is 4. The van der Waals surface area contributed by atoms with Crippen LogP contribution in [0.2, 0.25) is 0 Å². The van der Waals surface area contributed by atoms with Crippen LogP contribution in [0.4, 0.5) is 4.79 Å². The molecule has 4 aliphatic rings. The van der Waals surface area contributed by atoms with Crippen molar-refractivity contribution in [3.8, 4) is 11.4 Å². The highest BCUT2D eigenvalue weighted by Crippen LogP contribution is 2.45. The summed E-state index contributed by atoms with van der Waals surface area (Å²) in [6.45, 7) is 5.27. The van der Waals surface area contributed by atoms with Gasteiger partial charge in [0.05, 0.1) is 35.4 Å². The van der Waals surface area contributed by atoms with Crippen LogP contribution < -0.4 is 27.7 Å². The number of carbonyl (C=O) groups is 8. The molecule has 3 aromatic rings. The van der Waals surface area contributed by atoms with Crippen molar-refractivity contribution in [2.45, 2.75) is 135 Å². The Kier molecular flexibility index (Phi) is 15.9. The van der Waals surface area contributed by atoms with Crippen LogP contribution >= 0.6 is 15.9 Å². The van der Waals surface area contributed by atoms with E-state index < -0.39 is 70.3 Å². The number of amides is 7. The number of urea groups is 1. The van der Waals surface area contributed by atoms with E-state index in [1.807, 2.05) is 24.3 Å². The standard InChI is InChI=1S/C50H61BrN8O11/c1-4-50(33-24-37-43-30(23-31-34(51)13-11-14-35(31)55-43)26-58(37)45(65)32(33)27-69-47(50)67)70-41(63)25-49(19-8-6-9-20-49)28-59(36(44(52)64)15-12-21-54-48(53)68)46(66)42(29(2)3)56-38(60)16-7-5-10-22-57-39(61)17-18-40(57)62/h11,13-14,17-18,23-24,29,36,42H,4-10,12,15-16,19-22,25-28H2,1-3H3,(H2,52,64)(H,56,60)(H3,53,54,68)/t36-,42-,50-/m0/s1. The molecule has 7 amide bonds. The van der Waals surface area contributed by atoms with Crippen LogP contribution in [0.25, 0.3) is 22.3 Å². The maximum absolute atomic E-state index is 15.0. The van der Waals surface area contributed by atoms with Gasteiger partial charge in [-0.3, -0.25) is 38.5 Å². The van der Waals surface area contributed by atoms with Gasteiger partial charge in [0.15, 0.2) is 0 Å². The fraction of sp³-hybridized carbons (Fsp3) is 0.520. The Bertz CT molecular complexity index is 2680. The molecule has 19 nitrogen and oxygen atoms in total. The van der Waals surface area contributed by atoms with Crippen molar-refractivity contribution in [1.29, 1.82) is 0 Å². The zero-order chi connectivity index (χ0) is 50.5. The number of nitrogens with two attached hydrogens (primary N) is 2. The molecule has 7 rings (SSSR count). The van der Waals surface area contributed by atoms with E-state index in [9.17, 15) is 38.4 Å². The first-order valence-electron chi connectivity index (χ1n) is 24.1. The number of nitrogens with one attached hydrogen (secondary N) is 2. The van der Waals surface area contributed by atoms with Crippen molar-refractivity contribution in [3.63, 3.8) is 0 Å². The Balaban J connectivity index is 1.15. The van der Waals surface area contributed by atoms with Crippen molar-refractivity contribution in [1.82, 2.24) is 30.0 Å². The molecule has 3 aliphatic heterocycles. The smallest absolute Gasteiger partial charge is 0.355 e. The molecule has 0 bridgehead atoms. The summed E-state index contributed by atoms with van der Waals surface area (Å²) < 4.78 is 14.4. The quantitative estimate of drug-likeness (QED) is 0.0511. The first-order chi connectivity index (χ1) is 33.4. The Morgan fingerprint density at radius 1 is 0.971 bits per heavy atom. The van der Waals surface area contributed by atoms with E-state index in [-0.39, 0.29) is 87.8 Å². The third-order valence-corrected chi connectivity index (χ3v) is 14.8. The molecule has 2 aromatic heterocycles. The summed E-state index contributed by atoms with van der Waals surface area (Å²) in [5, 5.41) is 6.23. The highest BCUT2D eigenvalue weighted by atomic mass is 79.9. The molecule has 1 saturated carbocycles. The second-order valence-corrected chi connectivity index (χ2v) is 20.0. The fourth-order valence-corrected chi connectivity index (χ4v) is 10.8. The van der Waals surface area contributed by atoms with Crippen LogP contribution in [0.1, 0.15) is 121 Å². The molecular formula is C50H61BrN8O11. The first kappa shape index (κ1) is 51.4. The van der Waals surface area contributed by atoms with Crippen LogP contribution in [0.5, 0.6) is 0 Å². The predicted molar refractivity (Wildman–Crippen MR) is 259 cm³/mol. The van der Waals surface area contributed by atoms with E-state index in [0.717, 1.165) is 26.7 Å². The lowest BCUT2D eigenvalue weighted by molar-refractivity contribution is -0.191. The number of unbranched alkanes of at least 4 members (excludes halogenated alkanes) is 2. The molecule has 0 radical (unpaired) electrons. The number of aromatic nitrogens is 2. The van der Waals surface area contributed by atoms with Crippen molar-refractivity contribution in [2.24, 2.45) is 22.8 Å². The monoisotopic (exact) mass is 1030 g/mol. The van der Waals surface area contributed by atoms with Gasteiger partial charge in [0, 0.05) is 59.2 Å². The average Bonchev–Trinajstić information content (AvgIpc) is 3.84. The summed E-state index contributed by atoms with van der Waals surface area (Å²) in [5.74, 6) is -4.68. The van der Waals surface area contributed by atoms with Crippen LogP contribution in [-0.2, 0) is 61.8 Å². The van der Waals surface area contributed by atoms with Crippen LogP contribution in [0, 0.1) is 11.3 Å². The van der Waals surface area contributed by atoms with Crippen molar-refractivity contribution >= 4 is 74.3 Å². The summed E-state index contributed by atoms with van der Waals surface area (Å²) in [4.78, 5) is 128. The number of cyclic esters (lactones) is 1. The molecule has 70 heavy (non-hydrogen) atoms. The van der Waals surface area contributed by atoms with Gasteiger partial charge in [-0.1, -0.05) is 68.5 Å².